The van der Waals surface area contributed by atoms with Crippen molar-refractivity contribution in [1.82, 2.24) is 15.0 Å². The topological polar surface area (TPSA) is 70.7 Å². The molecule has 150 valence electrons. The first-order valence-corrected chi connectivity index (χ1v) is 9.79. The minimum Gasteiger partial charge on any atom is -0.356 e. The van der Waals surface area contributed by atoms with Gasteiger partial charge in [0.25, 0.3) is 5.56 Å². The summed E-state index contributed by atoms with van der Waals surface area (Å²) < 4.78 is 13.4. The van der Waals surface area contributed by atoms with E-state index in [-0.39, 0.29) is 11.4 Å². The van der Waals surface area contributed by atoms with Crippen molar-refractivity contribution < 1.29 is 4.39 Å². The van der Waals surface area contributed by atoms with Crippen LogP contribution in [0.4, 0.5) is 10.3 Å². The predicted octanol–water partition coefficient (Wildman–Crippen LogP) is 4.68. The van der Waals surface area contributed by atoms with Gasteiger partial charge in [-0.2, -0.15) is 0 Å². The summed E-state index contributed by atoms with van der Waals surface area (Å²) >= 11 is 0. The molecule has 0 aliphatic carbocycles. The number of benzene rings is 2. The van der Waals surface area contributed by atoms with E-state index in [1.807, 2.05) is 18.2 Å². The first-order valence-electron chi connectivity index (χ1n) is 9.79. The third-order valence-corrected chi connectivity index (χ3v) is 4.78. The number of H-pyrrole nitrogens is 1. The van der Waals surface area contributed by atoms with Crippen molar-refractivity contribution in [3.8, 4) is 22.4 Å². The molecule has 5 nitrogen and oxygen atoms in total. The number of hydrogen-bond acceptors (Lipinski definition) is 4. The van der Waals surface area contributed by atoms with E-state index >= 15 is 0 Å². The first kappa shape index (κ1) is 19.5. The summed E-state index contributed by atoms with van der Waals surface area (Å²) in [7, 11) is 0. The fraction of sp³-hybridized carbons (Fsp3) is 0.125. The third kappa shape index (κ3) is 4.60. The molecule has 0 amide bonds. The summed E-state index contributed by atoms with van der Waals surface area (Å²) in [5, 5.41) is 3.21. The van der Waals surface area contributed by atoms with E-state index in [1.165, 1.54) is 17.7 Å². The second-order valence-corrected chi connectivity index (χ2v) is 6.90. The smallest absolute Gasteiger partial charge is 0.260 e. The molecule has 0 unspecified atom stereocenters. The highest BCUT2D eigenvalue weighted by Crippen LogP contribution is 2.28. The average molecular weight is 400 g/mol. The van der Waals surface area contributed by atoms with E-state index in [1.54, 1.807) is 36.7 Å². The molecule has 4 aromatic rings. The Morgan fingerprint density at radius 2 is 1.63 bits per heavy atom. The Morgan fingerprint density at radius 1 is 0.900 bits per heavy atom. The van der Waals surface area contributed by atoms with Crippen LogP contribution in [0.25, 0.3) is 22.4 Å². The van der Waals surface area contributed by atoms with Crippen LogP contribution in [-0.4, -0.2) is 21.5 Å². The molecule has 0 saturated carbocycles. The van der Waals surface area contributed by atoms with E-state index in [4.69, 9.17) is 0 Å². The minimum absolute atomic E-state index is 0.283. The molecule has 0 aliphatic rings. The highest BCUT2D eigenvalue weighted by Gasteiger charge is 2.15. The van der Waals surface area contributed by atoms with Crippen LogP contribution < -0.4 is 10.9 Å². The number of rotatable bonds is 7. The van der Waals surface area contributed by atoms with Crippen molar-refractivity contribution in [3.63, 3.8) is 0 Å². The van der Waals surface area contributed by atoms with E-state index in [9.17, 15) is 9.18 Å². The Balaban J connectivity index is 1.61. The van der Waals surface area contributed by atoms with Gasteiger partial charge in [-0.15, -0.1) is 0 Å². The maximum absolute atomic E-state index is 13.4. The zero-order chi connectivity index (χ0) is 20.8. The quantitative estimate of drug-likeness (QED) is 0.442. The van der Waals surface area contributed by atoms with Gasteiger partial charge in [0.05, 0.1) is 11.3 Å². The lowest BCUT2D eigenvalue weighted by Gasteiger charge is -2.12. The van der Waals surface area contributed by atoms with Crippen LogP contribution in [0, 0.1) is 5.82 Å². The van der Waals surface area contributed by atoms with Crippen LogP contribution in [0.1, 0.15) is 12.0 Å². The lowest BCUT2D eigenvalue weighted by Crippen LogP contribution is -2.17. The molecule has 2 aromatic heterocycles. The van der Waals surface area contributed by atoms with Crippen LogP contribution in [0.2, 0.25) is 0 Å². The molecule has 4 rings (SSSR count). The number of anilines is 1. The highest BCUT2D eigenvalue weighted by atomic mass is 19.1. The van der Waals surface area contributed by atoms with Gasteiger partial charge < -0.3 is 5.32 Å². The van der Waals surface area contributed by atoms with E-state index in [0.29, 0.717) is 29.3 Å². The number of nitrogens with one attached hydrogen (secondary N) is 2. The monoisotopic (exact) mass is 400 g/mol. The van der Waals surface area contributed by atoms with Crippen molar-refractivity contribution in [1.29, 1.82) is 0 Å². The van der Waals surface area contributed by atoms with Gasteiger partial charge >= 0.3 is 0 Å². The second kappa shape index (κ2) is 9.13. The van der Waals surface area contributed by atoms with Crippen LogP contribution in [-0.2, 0) is 6.42 Å². The van der Waals surface area contributed by atoms with Crippen LogP contribution >= 0.6 is 0 Å². The molecule has 0 radical (unpaired) electrons. The number of aryl methyl sites for hydroxylation is 1. The van der Waals surface area contributed by atoms with Gasteiger partial charge in [-0.05, 0) is 48.2 Å². The zero-order valence-corrected chi connectivity index (χ0v) is 16.3. The molecular weight excluding hydrogens is 379 g/mol. The van der Waals surface area contributed by atoms with Crippen molar-refractivity contribution in [3.05, 3.63) is 101 Å². The SMILES string of the molecule is O=c1[nH]c(NCCCc2ccccc2)nc(-c2ccncc2)c1-c1ccc(F)cc1. The van der Waals surface area contributed by atoms with Gasteiger partial charge in [-0.25, -0.2) is 9.37 Å². The van der Waals surface area contributed by atoms with Gasteiger partial charge in [0.15, 0.2) is 0 Å². The van der Waals surface area contributed by atoms with E-state index in [0.717, 1.165) is 18.4 Å². The van der Waals surface area contributed by atoms with Crippen LogP contribution in [0.5, 0.6) is 0 Å². The van der Waals surface area contributed by atoms with Gasteiger partial charge in [0.1, 0.15) is 5.82 Å². The van der Waals surface area contributed by atoms with Crippen molar-refractivity contribution in [2.45, 2.75) is 12.8 Å². The molecule has 0 atom stereocenters. The predicted molar refractivity (Wildman–Crippen MR) is 117 cm³/mol. The Kier molecular flexibility index (Phi) is 5.94. The Bertz CT molecular complexity index is 1160. The van der Waals surface area contributed by atoms with Gasteiger partial charge in [-0.3, -0.25) is 14.8 Å². The van der Waals surface area contributed by atoms with Gasteiger partial charge in [-0.1, -0.05) is 42.5 Å². The number of nitrogens with zero attached hydrogens (tertiary/aromatic N) is 2. The normalized spacial score (nSPS) is 10.7. The van der Waals surface area contributed by atoms with Gasteiger partial charge in [0, 0.05) is 24.5 Å². The zero-order valence-electron chi connectivity index (χ0n) is 16.3. The van der Waals surface area contributed by atoms with Crippen LogP contribution in [0.15, 0.2) is 83.9 Å². The molecular formula is C24H21FN4O. The molecule has 2 N–H and O–H groups in total. The highest BCUT2D eigenvalue weighted by molar-refractivity contribution is 5.80. The summed E-state index contributed by atoms with van der Waals surface area (Å²) in [6.07, 6.45) is 5.14. The van der Waals surface area contributed by atoms with Crippen LogP contribution in [0.3, 0.4) is 0 Å². The second-order valence-electron chi connectivity index (χ2n) is 6.90. The Labute approximate surface area is 173 Å². The maximum atomic E-state index is 13.4. The average Bonchev–Trinajstić information content (AvgIpc) is 2.78. The summed E-state index contributed by atoms with van der Waals surface area (Å²) in [5.41, 5.74) is 3.28. The van der Waals surface area contributed by atoms with Crippen molar-refractivity contribution in [2.75, 3.05) is 11.9 Å². The lowest BCUT2D eigenvalue weighted by atomic mass is 10.0. The molecule has 2 aromatic carbocycles. The maximum Gasteiger partial charge on any atom is 0.260 e. The number of aromatic nitrogens is 3. The largest absolute Gasteiger partial charge is 0.356 e. The molecule has 0 spiro atoms. The van der Waals surface area contributed by atoms with Gasteiger partial charge in [0.2, 0.25) is 5.95 Å². The summed E-state index contributed by atoms with van der Waals surface area (Å²) in [6, 6.07) is 19.7. The fourth-order valence-corrected chi connectivity index (χ4v) is 3.30. The number of pyridine rings is 1. The third-order valence-electron chi connectivity index (χ3n) is 4.78. The molecule has 2 heterocycles. The molecule has 0 bridgehead atoms. The standard InChI is InChI=1S/C24H21FN4O/c25-20-10-8-18(9-11-20)21-22(19-12-15-26-16-13-19)28-24(29-23(21)30)27-14-4-7-17-5-2-1-3-6-17/h1-3,5-6,8-13,15-16H,4,7,14H2,(H2,27,28,29,30). The summed E-state index contributed by atoms with van der Waals surface area (Å²) in [5.74, 6) is 0.0519. The number of hydrogen-bond donors (Lipinski definition) is 2. The number of aromatic amines is 1. The molecule has 0 fully saturated rings. The first-order chi connectivity index (χ1) is 14.7. The number of halogens is 1. The Morgan fingerprint density at radius 3 is 2.37 bits per heavy atom. The Hall–Kier alpha value is -3.80. The minimum atomic E-state index is -0.356. The van der Waals surface area contributed by atoms with E-state index in [2.05, 4.69) is 32.4 Å². The lowest BCUT2D eigenvalue weighted by molar-refractivity contribution is 0.628. The summed E-state index contributed by atoms with van der Waals surface area (Å²) in [4.78, 5) is 24.4. The molecule has 30 heavy (non-hydrogen) atoms. The summed E-state index contributed by atoms with van der Waals surface area (Å²) in [6.45, 7) is 0.670. The molecule has 6 heteroatoms. The fourth-order valence-electron chi connectivity index (χ4n) is 3.30. The molecule has 0 saturated heterocycles. The van der Waals surface area contributed by atoms with Crippen molar-refractivity contribution in [2.24, 2.45) is 0 Å². The van der Waals surface area contributed by atoms with Crippen molar-refractivity contribution >= 4 is 5.95 Å². The van der Waals surface area contributed by atoms with E-state index < -0.39 is 0 Å². The molecule has 0 aliphatic heterocycles.